The third-order valence-corrected chi connectivity index (χ3v) is 6.75. The molecule has 2 aliphatic carbocycles. The van der Waals surface area contributed by atoms with E-state index in [1.165, 1.54) is 0 Å². The Balaban J connectivity index is 0.000000161. The molecule has 0 spiro atoms. The van der Waals surface area contributed by atoms with Crippen LogP contribution in [-0.4, -0.2) is 53.9 Å². The summed E-state index contributed by atoms with van der Waals surface area (Å²) in [5.41, 5.74) is 5.47. The van der Waals surface area contributed by atoms with Crippen LogP contribution in [0.15, 0.2) is 134 Å². The second kappa shape index (κ2) is 13.7. The van der Waals surface area contributed by atoms with Crippen LogP contribution in [0.1, 0.15) is 32.6 Å². The third kappa shape index (κ3) is 5.67. The molecule has 1 N–H and O–H groups in total. The van der Waals surface area contributed by atoms with Gasteiger partial charge in [-0.2, -0.15) is 36.4 Å². The van der Waals surface area contributed by atoms with E-state index in [-0.39, 0.29) is 45.8 Å². The summed E-state index contributed by atoms with van der Waals surface area (Å²) in [6, 6.07) is 36.8. The number of rotatable bonds is 1. The number of hydrogen-bond donors (Lipinski definition) is 1. The molecule has 2 aliphatic rings. The van der Waals surface area contributed by atoms with E-state index < -0.39 is 5.60 Å². The van der Waals surface area contributed by atoms with Crippen molar-refractivity contribution >= 4 is 28.8 Å². The summed E-state index contributed by atoms with van der Waals surface area (Å²) >= 11 is 0. The molecule has 0 fully saturated rings. The number of aliphatic hydroxyl groups is 1. The summed E-state index contributed by atoms with van der Waals surface area (Å²) in [4.78, 5) is 28.9. The van der Waals surface area contributed by atoms with E-state index in [0.29, 0.717) is 22.5 Å². The third-order valence-electron chi connectivity index (χ3n) is 6.75. The van der Waals surface area contributed by atoms with E-state index in [9.17, 15) is 9.90 Å². The molecule has 6 nitrogen and oxygen atoms in total. The van der Waals surface area contributed by atoms with Gasteiger partial charge in [-0.05, 0) is 42.0 Å². The van der Waals surface area contributed by atoms with E-state index in [0.717, 1.165) is 28.1 Å². The van der Waals surface area contributed by atoms with Crippen LogP contribution >= 0.6 is 0 Å². The number of pyridine rings is 4. The molecule has 200 valence electrons. The Morgan fingerprint density at radius 2 is 0.976 bits per heavy atom. The van der Waals surface area contributed by atoms with Gasteiger partial charge in [-0.25, -0.2) is 0 Å². The summed E-state index contributed by atoms with van der Waals surface area (Å²) in [6.45, 7) is 0. The minimum atomic E-state index is -1.17. The zero-order valence-electron chi connectivity index (χ0n) is 22.4. The number of fused-ring (bicyclic) bond motifs is 6. The van der Waals surface area contributed by atoms with Crippen molar-refractivity contribution in [2.24, 2.45) is 0 Å². The van der Waals surface area contributed by atoms with Crippen molar-refractivity contribution < 1.29 is 26.9 Å². The Morgan fingerprint density at radius 3 is 1.40 bits per heavy atom. The van der Waals surface area contributed by atoms with E-state index in [1.54, 1.807) is 49.1 Å². The van der Waals surface area contributed by atoms with Crippen LogP contribution in [-0.2, 0) is 5.60 Å². The van der Waals surface area contributed by atoms with E-state index in [1.807, 2.05) is 84.9 Å². The molecule has 8 rings (SSSR count). The molecule has 0 saturated carbocycles. The van der Waals surface area contributed by atoms with Crippen molar-refractivity contribution in [2.45, 2.75) is 5.60 Å². The Labute approximate surface area is 270 Å². The van der Waals surface area contributed by atoms with Crippen LogP contribution in [0.25, 0.3) is 22.8 Å². The minimum absolute atomic E-state index is 0. The molecule has 4 heterocycles. The van der Waals surface area contributed by atoms with Crippen molar-refractivity contribution in [3.8, 4) is 22.8 Å². The molecule has 4 aromatic heterocycles. The summed E-state index contributed by atoms with van der Waals surface area (Å²) in [5, 5.41) is 11.4. The van der Waals surface area contributed by atoms with Gasteiger partial charge in [0.2, 0.25) is 0 Å². The normalized spacial score (nSPS) is 12.3. The Hall–Kier alpha value is -4.08. The van der Waals surface area contributed by atoms with E-state index >= 15 is 0 Å². The standard InChI is InChI=1S/C17H12N2O.C11H6N2O.C6H5.BrH.Mg/c20-17(12-6-2-1-3-7-12)13-8-4-10-18-15(13)16-14(17)9-5-11-19-16;14-11-7-3-1-5-12-9(7)10-8(11)4-2-6-13-10;1-2-4-6-5-3-1;;/h1-11,20H;1-6H;1-5H;1H;/q;;-1;;+2/p-1. The molecule has 0 saturated heterocycles. The number of aromatic nitrogens is 4. The van der Waals surface area contributed by atoms with Crippen molar-refractivity contribution in [1.29, 1.82) is 0 Å². The summed E-state index contributed by atoms with van der Waals surface area (Å²) in [5.74, 6) is 0.0243. The fourth-order valence-corrected chi connectivity index (χ4v) is 4.95. The van der Waals surface area contributed by atoms with Gasteiger partial charge in [0.15, 0.2) is 5.78 Å². The molecule has 2 aromatic carbocycles. The zero-order chi connectivity index (χ0) is 27.4. The van der Waals surface area contributed by atoms with Gasteiger partial charge >= 0.3 is 23.1 Å². The maximum Gasteiger partial charge on any atom is 2.00 e. The average molecular weight is 624 g/mol. The summed E-state index contributed by atoms with van der Waals surface area (Å²) < 4.78 is 0. The fourth-order valence-electron chi connectivity index (χ4n) is 4.95. The van der Waals surface area contributed by atoms with Crippen LogP contribution in [0.2, 0.25) is 0 Å². The van der Waals surface area contributed by atoms with Gasteiger partial charge in [-0.3, -0.25) is 24.7 Å². The zero-order valence-corrected chi connectivity index (χ0v) is 25.4. The molecule has 0 aliphatic heterocycles. The number of hydrogen-bond acceptors (Lipinski definition) is 6. The number of halogens is 1. The molecule has 6 aromatic rings. The van der Waals surface area contributed by atoms with Crippen LogP contribution < -0.4 is 17.0 Å². The molecule has 0 radical (unpaired) electrons. The van der Waals surface area contributed by atoms with Gasteiger partial charge in [0.05, 0.1) is 22.5 Å². The second-order valence-corrected chi connectivity index (χ2v) is 9.08. The van der Waals surface area contributed by atoms with Crippen molar-refractivity contribution in [3.05, 3.63) is 168 Å². The van der Waals surface area contributed by atoms with Gasteiger partial charge in [0.1, 0.15) is 17.0 Å². The number of carbonyl (C=O) groups is 1. The van der Waals surface area contributed by atoms with E-state index in [4.69, 9.17) is 0 Å². The van der Waals surface area contributed by atoms with E-state index in [2.05, 4.69) is 26.0 Å². The van der Waals surface area contributed by atoms with Gasteiger partial charge < -0.3 is 22.1 Å². The molecule has 8 heteroatoms. The van der Waals surface area contributed by atoms with Gasteiger partial charge in [0, 0.05) is 35.9 Å². The molecule has 0 unspecified atom stereocenters. The first kappa shape index (κ1) is 30.9. The number of benzene rings is 2. The van der Waals surface area contributed by atoms with Crippen molar-refractivity contribution in [2.75, 3.05) is 0 Å². The topological polar surface area (TPSA) is 88.9 Å². The molecule has 42 heavy (non-hydrogen) atoms. The first-order valence-electron chi connectivity index (χ1n) is 12.7. The smallest absolute Gasteiger partial charge is 1.00 e. The van der Waals surface area contributed by atoms with Gasteiger partial charge in [0.25, 0.3) is 0 Å². The first-order valence-corrected chi connectivity index (χ1v) is 12.7. The van der Waals surface area contributed by atoms with Crippen LogP contribution in [0.4, 0.5) is 0 Å². The van der Waals surface area contributed by atoms with Gasteiger partial charge in [-0.15, -0.1) is 0 Å². The minimum Gasteiger partial charge on any atom is -1.00 e. The van der Waals surface area contributed by atoms with Gasteiger partial charge in [-0.1, -0.05) is 42.5 Å². The fraction of sp³-hybridized carbons (Fsp3) is 0.0294. The quantitative estimate of drug-likeness (QED) is 0.224. The SMILES string of the molecule is O=C1c2cccnc2-c2ncccc21.OC1(c2ccccc2)c2cccnc2-c2ncccc21.[Br-].[Mg+2].[c-]1ccccc1. The summed E-state index contributed by atoms with van der Waals surface area (Å²) in [6.07, 6.45) is 6.81. The summed E-state index contributed by atoms with van der Waals surface area (Å²) in [7, 11) is 0. The Morgan fingerprint density at radius 1 is 0.548 bits per heavy atom. The predicted molar refractivity (Wildman–Crippen MR) is 158 cm³/mol. The Bertz CT molecular complexity index is 1680. The predicted octanol–water partition coefficient (Wildman–Crippen LogP) is 2.54. The second-order valence-electron chi connectivity index (χ2n) is 9.08. The van der Waals surface area contributed by atoms with Crippen molar-refractivity contribution in [3.63, 3.8) is 0 Å². The Kier molecular flexibility index (Phi) is 10.1. The molecular formula is C34H23BrMgN4O2. The van der Waals surface area contributed by atoms with Crippen LogP contribution in [0.5, 0.6) is 0 Å². The van der Waals surface area contributed by atoms with Crippen LogP contribution in [0.3, 0.4) is 0 Å². The number of nitrogens with zero attached hydrogens (tertiary/aromatic N) is 4. The van der Waals surface area contributed by atoms with Crippen molar-refractivity contribution in [1.82, 2.24) is 19.9 Å². The average Bonchev–Trinajstić information content (AvgIpc) is 3.49. The largest absolute Gasteiger partial charge is 2.00 e. The van der Waals surface area contributed by atoms with Crippen LogP contribution in [0, 0.1) is 6.07 Å². The maximum absolute atomic E-state index is 11.8. The first-order chi connectivity index (χ1) is 19.7. The molecule has 0 atom stereocenters. The number of ketones is 1. The number of carbonyl (C=O) groups excluding carboxylic acids is 1. The molecule has 0 amide bonds. The monoisotopic (exact) mass is 622 g/mol. The maximum atomic E-state index is 11.8. The molecular weight excluding hydrogens is 601 g/mol. The molecule has 0 bridgehead atoms.